The van der Waals surface area contributed by atoms with Crippen molar-refractivity contribution < 1.29 is 24.1 Å². The van der Waals surface area contributed by atoms with Gasteiger partial charge in [0.2, 0.25) is 0 Å². The lowest BCUT2D eigenvalue weighted by molar-refractivity contribution is -0.132. The summed E-state index contributed by atoms with van der Waals surface area (Å²) in [5.41, 5.74) is 0. The van der Waals surface area contributed by atoms with Crippen molar-refractivity contribution >= 4 is 5.91 Å². The predicted octanol–water partition coefficient (Wildman–Crippen LogP) is -0.231. The Labute approximate surface area is 103 Å². The molecule has 0 saturated carbocycles. The number of ether oxygens (including phenoxy) is 1. The van der Waals surface area contributed by atoms with Gasteiger partial charge >= 0.3 is 0 Å². The zero-order chi connectivity index (χ0) is 13.1. The average molecular weight is 255 g/mol. The van der Waals surface area contributed by atoms with Gasteiger partial charge in [0.25, 0.3) is 5.91 Å². The molecule has 6 heteroatoms. The molecule has 1 aromatic carbocycles. The number of carbonyl (C=O) groups excluding carboxylic acids is 1. The summed E-state index contributed by atoms with van der Waals surface area (Å²) in [6, 6.07) is 5.49. The van der Waals surface area contributed by atoms with E-state index in [2.05, 4.69) is 0 Å². The number of rotatable bonds is 3. The number of benzene rings is 1. The topological polar surface area (TPSA) is 70.0 Å². The number of hydrogen-bond donors (Lipinski definition) is 2. The fraction of sp³-hybridized carbons (Fsp3) is 0.417. The highest BCUT2D eigenvalue weighted by Gasteiger charge is 2.32. The summed E-state index contributed by atoms with van der Waals surface area (Å²) >= 11 is 0. The molecule has 0 aliphatic carbocycles. The molecule has 5 nitrogen and oxygen atoms in total. The summed E-state index contributed by atoms with van der Waals surface area (Å²) < 4.78 is 18.0. The number of amides is 1. The summed E-state index contributed by atoms with van der Waals surface area (Å²) in [7, 11) is 0. The molecule has 98 valence electrons. The van der Waals surface area contributed by atoms with Crippen LogP contribution in [0.1, 0.15) is 0 Å². The molecule has 0 spiro atoms. The van der Waals surface area contributed by atoms with Crippen molar-refractivity contribution in [2.75, 3.05) is 19.7 Å². The van der Waals surface area contributed by atoms with Gasteiger partial charge in [0.15, 0.2) is 6.61 Å². The van der Waals surface area contributed by atoms with Crippen LogP contribution in [0.15, 0.2) is 24.3 Å². The lowest BCUT2D eigenvalue weighted by atomic mass is 10.3. The first kappa shape index (κ1) is 12.8. The number of carbonyl (C=O) groups is 1. The maximum Gasteiger partial charge on any atom is 0.260 e. The van der Waals surface area contributed by atoms with Crippen LogP contribution >= 0.6 is 0 Å². The number of aliphatic hydroxyl groups excluding tert-OH is 2. The molecule has 0 radical (unpaired) electrons. The van der Waals surface area contributed by atoms with Crippen molar-refractivity contribution in [2.45, 2.75) is 12.2 Å². The molecule has 18 heavy (non-hydrogen) atoms. The van der Waals surface area contributed by atoms with Gasteiger partial charge in [-0.25, -0.2) is 4.39 Å². The van der Waals surface area contributed by atoms with E-state index in [-0.39, 0.29) is 31.4 Å². The number of hydrogen-bond acceptors (Lipinski definition) is 4. The molecule has 1 aliphatic heterocycles. The minimum absolute atomic E-state index is 0.0898. The van der Waals surface area contributed by atoms with Crippen LogP contribution in [0.5, 0.6) is 5.75 Å². The Kier molecular flexibility index (Phi) is 3.78. The Morgan fingerprint density at radius 2 is 2.06 bits per heavy atom. The molecule has 2 rings (SSSR count). The fourth-order valence-electron chi connectivity index (χ4n) is 1.77. The van der Waals surface area contributed by atoms with Crippen molar-refractivity contribution in [3.63, 3.8) is 0 Å². The largest absolute Gasteiger partial charge is 0.484 e. The van der Waals surface area contributed by atoms with Crippen LogP contribution < -0.4 is 4.74 Å². The second-order valence-electron chi connectivity index (χ2n) is 4.18. The van der Waals surface area contributed by atoms with E-state index in [9.17, 15) is 19.4 Å². The van der Waals surface area contributed by atoms with Crippen LogP contribution in [0.3, 0.4) is 0 Å². The molecule has 1 aliphatic rings. The highest BCUT2D eigenvalue weighted by Crippen LogP contribution is 2.13. The summed E-state index contributed by atoms with van der Waals surface area (Å²) in [5.74, 6) is -0.523. The minimum atomic E-state index is -0.914. The van der Waals surface area contributed by atoms with Crippen LogP contribution in [0.2, 0.25) is 0 Å². The zero-order valence-electron chi connectivity index (χ0n) is 9.62. The lowest BCUT2D eigenvalue weighted by Crippen LogP contribution is -2.33. The van der Waals surface area contributed by atoms with E-state index in [4.69, 9.17) is 4.74 Å². The van der Waals surface area contributed by atoms with E-state index in [1.54, 1.807) is 6.07 Å². The molecule has 0 aromatic heterocycles. The molecule has 1 fully saturated rings. The number of aliphatic hydroxyl groups is 2. The van der Waals surface area contributed by atoms with Crippen LogP contribution in [0.4, 0.5) is 4.39 Å². The third-order valence-electron chi connectivity index (χ3n) is 2.77. The van der Waals surface area contributed by atoms with Gasteiger partial charge in [0.05, 0.1) is 12.2 Å². The van der Waals surface area contributed by atoms with Gasteiger partial charge in [-0.3, -0.25) is 4.79 Å². The zero-order valence-corrected chi connectivity index (χ0v) is 9.62. The molecule has 0 unspecified atom stereocenters. The van der Waals surface area contributed by atoms with Crippen molar-refractivity contribution in [3.05, 3.63) is 30.1 Å². The Morgan fingerprint density at radius 1 is 1.39 bits per heavy atom. The Hall–Kier alpha value is -1.66. The quantitative estimate of drug-likeness (QED) is 0.782. The maximum absolute atomic E-state index is 12.9. The van der Waals surface area contributed by atoms with Gasteiger partial charge in [-0.1, -0.05) is 6.07 Å². The molecule has 1 aromatic rings. The first-order chi connectivity index (χ1) is 8.56. The van der Waals surface area contributed by atoms with E-state index in [1.807, 2.05) is 0 Å². The third kappa shape index (κ3) is 2.96. The second-order valence-corrected chi connectivity index (χ2v) is 4.18. The van der Waals surface area contributed by atoms with Crippen LogP contribution in [0.25, 0.3) is 0 Å². The Morgan fingerprint density at radius 3 is 2.67 bits per heavy atom. The normalized spacial score (nSPS) is 23.2. The smallest absolute Gasteiger partial charge is 0.260 e. The molecule has 1 amide bonds. The van der Waals surface area contributed by atoms with Crippen LogP contribution in [0, 0.1) is 5.82 Å². The van der Waals surface area contributed by atoms with E-state index in [0.29, 0.717) is 0 Å². The molecule has 2 atom stereocenters. The van der Waals surface area contributed by atoms with E-state index in [1.165, 1.54) is 23.1 Å². The molecule has 1 saturated heterocycles. The van der Waals surface area contributed by atoms with Gasteiger partial charge in [-0.05, 0) is 12.1 Å². The highest BCUT2D eigenvalue weighted by atomic mass is 19.1. The molecular weight excluding hydrogens is 241 g/mol. The summed E-state index contributed by atoms with van der Waals surface area (Å²) in [6.07, 6.45) is -1.83. The predicted molar refractivity (Wildman–Crippen MR) is 60.5 cm³/mol. The van der Waals surface area contributed by atoms with E-state index < -0.39 is 18.0 Å². The monoisotopic (exact) mass is 255 g/mol. The molecule has 1 heterocycles. The van der Waals surface area contributed by atoms with Gasteiger partial charge in [-0.2, -0.15) is 0 Å². The van der Waals surface area contributed by atoms with Gasteiger partial charge in [-0.15, -0.1) is 0 Å². The Bertz CT molecular complexity index is 430. The fourth-order valence-corrected chi connectivity index (χ4v) is 1.77. The van der Waals surface area contributed by atoms with Gasteiger partial charge in [0, 0.05) is 19.2 Å². The number of likely N-dealkylation sites (tertiary alicyclic amines) is 1. The highest BCUT2D eigenvalue weighted by molar-refractivity contribution is 5.78. The lowest BCUT2D eigenvalue weighted by Gasteiger charge is -2.15. The van der Waals surface area contributed by atoms with Gasteiger partial charge < -0.3 is 19.8 Å². The molecule has 0 bridgehead atoms. The number of β-amino-alcohol motifs (C(OH)–C–C–N with tert-alkyl or cyclic N) is 2. The summed E-state index contributed by atoms with van der Waals surface area (Å²) in [4.78, 5) is 13.0. The van der Waals surface area contributed by atoms with Crippen LogP contribution in [-0.2, 0) is 4.79 Å². The maximum atomic E-state index is 12.9. The minimum Gasteiger partial charge on any atom is -0.484 e. The summed E-state index contributed by atoms with van der Waals surface area (Å²) in [6.45, 7) is -0.0675. The Balaban J connectivity index is 1.85. The first-order valence-electron chi connectivity index (χ1n) is 5.58. The SMILES string of the molecule is O=C(COc1cccc(F)c1)N1C[C@@H](O)[C@@H](O)C1. The van der Waals surface area contributed by atoms with E-state index >= 15 is 0 Å². The second kappa shape index (κ2) is 5.32. The van der Waals surface area contributed by atoms with Crippen molar-refractivity contribution in [2.24, 2.45) is 0 Å². The first-order valence-corrected chi connectivity index (χ1v) is 5.58. The van der Waals surface area contributed by atoms with Crippen molar-refractivity contribution in [1.82, 2.24) is 4.90 Å². The molecular formula is C12H14FNO4. The van der Waals surface area contributed by atoms with Crippen molar-refractivity contribution in [1.29, 1.82) is 0 Å². The van der Waals surface area contributed by atoms with Crippen molar-refractivity contribution in [3.8, 4) is 5.75 Å². The van der Waals surface area contributed by atoms with E-state index in [0.717, 1.165) is 0 Å². The third-order valence-corrected chi connectivity index (χ3v) is 2.77. The standard InChI is InChI=1S/C12H14FNO4/c13-8-2-1-3-9(4-8)18-7-12(17)14-5-10(15)11(16)6-14/h1-4,10-11,15-16H,5-7H2/t10-,11+. The van der Waals surface area contributed by atoms with Crippen LogP contribution in [-0.4, -0.2) is 52.9 Å². The molecule has 2 N–H and O–H groups in total. The number of nitrogens with zero attached hydrogens (tertiary/aromatic N) is 1. The average Bonchev–Trinajstić information content (AvgIpc) is 2.67. The number of halogens is 1. The summed E-state index contributed by atoms with van der Waals surface area (Å²) in [5, 5.41) is 18.6. The van der Waals surface area contributed by atoms with Gasteiger partial charge in [0.1, 0.15) is 11.6 Å².